The number of carbonyl (C=O) groups excluding carboxylic acids is 1. The Hall–Kier alpha value is -2.01. The molecule has 0 aliphatic carbocycles. The maximum absolute atomic E-state index is 11.8. The molecule has 1 aromatic rings. The molecule has 2 heterocycles. The third-order valence-corrected chi connectivity index (χ3v) is 3.77. The van der Waals surface area contributed by atoms with Crippen LogP contribution in [0.1, 0.15) is 11.7 Å². The normalized spacial score (nSPS) is 27.4. The highest BCUT2D eigenvalue weighted by atomic mass is 16.7. The first-order valence-electron chi connectivity index (χ1n) is 6.46. The number of fused-ring (bicyclic) bond motifs is 1. The summed E-state index contributed by atoms with van der Waals surface area (Å²) < 4.78 is 21.2. The van der Waals surface area contributed by atoms with Crippen molar-refractivity contribution in [3.05, 3.63) is 36.4 Å². The van der Waals surface area contributed by atoms with Gasteiger partial charge in [0.05, 0.1) is 25.7 Å². The van der Waals surface area contributed by atoms with Gasteiger partial charge in [0.2, 0.25) is 6.79 Å². The van der Waals surface area contributed by atoms with Gasteiger partial charge in [0, 0.05) is 5.92 Å². The second kappa shape index (κ2) is 5.17. The smallest absolute Gasteiger partial charge is 0.311 e. The molecule has 106 valence electrons. The van der Waals surface area contributed by atoms with Crippen molar-refractivity contribution in [2.24, 2.45) is 11.8 Å². The van der Waals surface area contributed by atoms with Crippen molar-refractivity contribution in [2.45, 2.75) is 6.10 Å². The third kappa shape index (κ3) is 2.04. The van der Waals surface area contributed by atoms with E-state index in [1.807, 2.05) is 18.2 Å². The molecule has 1 aromatic carbocycles. The highest BCUT2D eigenvalue weighted by Gasteiger charge is 2.41. The Morgan fingerprint density at radius 3 is 2.95 bits per heavy atom. The van der Waals surface area contributed by atoms with Crippen LogP contribution in [-0.4, -0.2) is 26.5 Å². The highest BCUT2D eigenvalue weighted by Crippen LogP contribution is 2.43. The van der Waals surface area contributed by atoms with Gasteiger partial charge in [-0.3, -0.25) is 4.79 Å². The van der Waals surface area contributed by atoms with E-state index in [4.69, 9.17) is 18.9 Å². The Labute approximate surface area is 117 Å². The molecule has 5 nitrogen and oxygen atoms in total. The molecule has 0 saturated carbocycles. The van der Waals surface area contributed by atoms with Crippen molar-refractivity contribution >= 4 is 5.97 Å². The fourth-order valence-corrected chi connectivity index (χ4v) is 2.71. The zero-order valence-electron chi connectivity index (χ0n) is 11.2. The molecular formula is C15H16O5. The molecular weight excluding hydrogens is 260 g/mol. The predicted octanol–water partition coefficient (Wildman–Crippen LogP) is 2.08. The third-order valence-electron chi connectivity index (χ3n) is 3.77. The van der Waals surface area contributed by atoms with E-state index in [1.165, 1.54) is 7.11 Å². The van der Waals surface area contributed by atoms with E-state index < -0.39 is 0 Å². The van der Waals surface area contributed by atoms with Crippen LogP contribution in [0.2, 0.25) is 0 Å². The number of hydrogen-bond donors (Lipinski definition) is 0. The maximum atomic E-state index is 11.8. The number of hydrogen-bond acceptors (Lipinski definition) is 5. The lowest BCUT2D eigenvalue weighted by Gasteiger charge is -2.18. The molecule has 2 aliphatic rings. The lowest BCUT2D eigenvalue weighted by atomic mass is 9.87. The second-order valence-electron chi connectivity index (χ2n) is 4.81. The zero-order valence-corrected chi connectivity index (χ0v) is 11.2. The minimum atomic E-state index is -0.312. The Kier molecular flexibility index (Phi) is 3.36. The molecule has 0 radical (unpaired) electrons. The predicted molar refractivity (Wildman–Crippen MR) is 70.5 cm³/mol. The first-order valence-corrected chi connectivity index (χ1v) is 6.46. The number of methoxy groups -OCH3 is 1. The van der Waals surface area contributed by atoms with Crippen molar-refractivity contribution in [3.63, 3.8) is 0 Å². The summed E-state index contributed by atoms with van der Waals surface area (Å²) in [4.78, 5) is 11.8. The van der Waals surface area contributed by atoms with Crippen LogP contribution in [0.25, 0.3) is 0 Å². The lowest BCUT2D eigenvalue weighted by Crippen LogP contribution is -2.23. The zero-order chi connectivity index (χ0) is 14.1. The largest absolute Gasteiger partial charge is 0.469 e. The topological polar surface area (TPSA) is 54.0 Å². The van der Waals surface area contributed by atoms with E-state index in [-0.39, 0.29) is 30.7 Å². The van der Waals surface area contributed by atoms with Crippen LogP contribution in [0.4, 0.5) is 0 Å². The van der Waals surface area contributed by atoms with Gasteiger partial charge < -0.3 is 18.9 Å². The number of esters is 1. The quantitative estimate of drug-likeness (QED) is 0.625. The fraction of sp³-hybridized carbons (Fsp3) is 0.400. The molecule has 0 spiro atoms. The molecule has 3 rings (SSSR count). The summed E-state index contributed by atoms with van der Waals surface area (Å²) in [5, 5.41) is 0. The highest BCUT2D eigenvalue weighted by molar-refractivity contribution is 5.73. The van der Waals surface area contributed by atoms with E-state index in [0.717, 1.165) is 11.3 Å². The summed E-state index contributed by atoms with van der Waals surface area (Å²) in [6, 6.07) is 5.67. The van der Waals surface area contributed by atoms with Gasteiger partial charge in [-0.05, 0) is 17.7 Å². The Morgan fingerprint density at radius 2 is 2.20 bits per heavy atom. The summed E-state index contributed by atoms with van der Waals surface area (Å²) in [6.07, 6.45) is 1.54. The molecule has 3 atom stereocenters. The van der Waals surface area contributed by atoms with Gasteiger partial charge in [-0.25, -0.2) is 0 Å². The molecule has 0 bridgehead atoms. The number of ether oxygens (including phenoxy) is 4. The second-order valence-corrected chi connectivity index (χ2v) is 4.81. The van der Waals surface area contributed by atoms with Gasteiger partial charge in [-0.15, -0.1) is 6.58 Å². The van der Waals surface area contributed by atoms with Crippen molar-refractivity contribution < 1.29 is 23.7 Å². The van der Waals surface area contributed by atoms with Crippen LogP contribution >= 0.6 is 0 Å². The molecule has 0 amide bonds. The molecule has 5 heteroatoms. The Bertz CT molecular complexity index is 539. The first-order chi connectivity index (χ1) is 9.74. The first kappa shape index (κ1) is 13.0. The van der Waals surface area contributed by atoms with Crippen LogP contribution in [0.5, 0.6) is 11.5 Å². The summed E-state index contributed by atoms with van der Waals surface area (Å²) >= 11 is 0. The number of benzene rings is 1. The van der Waals surface area contributed by atoms with Gasteiger partial charge in [0.15, 0.2) is 11.5 Å². The maximum Gasteiger partial charge on any atom is 0.311 e. The van der Waals surface area contributed by atoms with Gasteiger partial charge >= 0.3 is 5.97 Å². The van der Waals surface area contributed by atoms with Crippen molar-refractivity contribution in [2.75, 3.05) is 20.5 Å². The summed E-state index contributed by atoms with van der Waals surface area (Å²) in [5.41, 5.74) is 0.950. The Morgan fingerprint density at radius 1 is 1.40 bits per heavy atom. The van der Waals surface area contributed by atoms with Crippen molar-refractivity contribution in [3.8, 4) is 11.5 Å². The minimum absolute atomic E-state index is 0.108. The molecule has 2 aliphatic heterocycles. The van der Waals surface area contributed by atoms with E-state index in [9.17, 15) is 4.79 Å². The average molecular weight is 276 g/mol. The SMILES string of the molecule is C=C[C@@H]1[C@@H](c2ccc3c(c2)OCO3)OC[C@H]1C(=O)OC. The monoisotopic (exact) mass is 276 g/mol. The number of rotatable bonds is 3. The van der Waals surface area contributed by atoms with Crippen LogP contribution < -0.4 is 9.47 Å². The molecule has 1 fully saturated rings. The fourth-order valence-electron chi connectivity index (χ4n) is 2.71. The van der Waals surface area contributed by atoms with Gasteiger partial charge in [-0.1, -0.05) is 12.1 Å². The molecule has 1 saturated heterocycles. The van der Waals surface area contributed by atoms with E-state index in [1.54, 1.807) is 6.08 Å². The van der Waals surface area contributed by atoms with Crippen LogP contribution in [0, 0.1) is 11.8 Å². The molecule has 20 heavy (non-hydrogen) atoms. The Balaban J connectivity index is 1.87. The van der Waals surface area contributed by atoms with Crippen LogP contribution in [0.15, 0.2) is 30.9 Å². The van der Waals surface area contributed by atoms with Crippen LogP contribution in [-0.2, 0) is 14.3 Å². The average Bonchev–Trinajstić information content (AvgIpc) is 3.11. The minimum Gasteiger partial charge on any atom is -0.469 e. The van der Waals surface area contributed by atoms with E-state index in [2.05, 4.69) is 6.58 Å². The summed E-state index contributed by atoms with van der Waals surface area (Å²) in [5.74, 6) is 0.746. The molecule has 0 unspecified atom stereocenters. The number of carbonyl (C=O) groups is 1. The van der Waals surface area contributed by atoms with Crippen molar-refractivity contribution in [1.82, 2.24) is 0 Å². The van der Waals surface area contributed by atoms with Gasteiger partial charge in [0.25, 0.3) is 0 Å². The summed E-state index contributed by atoms with van der Waals surface area (Å²) in [7, 11) is 1.39. The standard InChI is InChI=1S/C15H16O5/c1-3-10-11(15(16)17-2)7-18-14(10)9-4-5-12-13(6-9)20-8-19-12/h3-6,10-11,14H,1,7-8H2,2H3/t10-,11+,14+/m0/s1. The van der Waals surface area contributed by atoms with Crippen LogP contribution in [0.3, 0.4) is 0 Å². The lowest BCUT2D eigenvalue weighted by molar-refractivity contribution is -0.146. The van der Waals surface area contributed by atoms with E-state index >= 15 is 0 Å². The van der Waals surface area contributed by atoms with Gasteiger partial charge in [0.1, 0.15) is 0 Å². The summed E-state index contributed by atoms with van der Waals surface area (Å²) in [6.45, 7) is 4.39. The van der Waals surface area contributed by atoms with Gasteiger partial charge in [-0.2, -0.15) is 0 Å². The molecule has 0 aromatic heterocycles. The molecule has 0 N–H and O–H groups in total. The van der Waals surface area contributed by atoms with Crippen molar-refractivity contribution in [1.29, 1.82) is 0 Å². The van der Waals surface area contributed by atoms with E-state index in [0.29, 0.717) is 12.4 Å².